The Morgan fingerprint density at radius 2 is 1.86 bits per heavy atom. The predicted octanol–water partition coefficient (Wildman–Crippen LogP) is 4.75. The van der Waals surface area contributed by atoms with E-state index in [2.05, 4.69) is 9.97 Å². The van der Waals surface area contributed by atoms with Gasteiger partial charge in [0.15, 0.2) is 5.13 Å². The lowest BCUT2D eigenvalue weighted by atomic mass is 10.1. The van der Waals surface area contributed by atoms with Crippen LogP contribution in [-0.4, -0.2) is 26.0 Å². The van der Waals surface area contributed by atoms with Crippen LogP contribution in [0.2, 0.25) is 0 Å². The molecule has 0 bridgehead atoms. The number of anilines is 1. The standard InChI is InChI=1S/C21H12F5N5O3S/c22-11-1-2-12(14(23)7-11)15-8-29-3-4-30(9-17(29)27-15)20-28-19(32)13-5-10(21(24,25)26)6-16(31(33)34)18(13)35-20/h1-2,5-8H,3-4,9H2. The summed E-state index contributed by atoms with van der Waals surface area (Å²) in [5.74, 6) is -1.04. The SMILES string of the molecule is O=c1nc(N2CCn3cc(-c4ccc(F)cc4F)nc3C2)sc2c([N+](=O)[O-])cc(C(F)(F)F)cc12. The van der Waals surface area contributed by atoms with E-state index >= 15 is 0 Å². The zero-order valence-electron chi connectivity index (χ0n) is 17.3. The summed E-state index contributed by atoms with van der Waals surface area (Å²) in [6.07, 6.45) is -3.27. The van der Waals surface area contributed by atoms with Crippen LogP contribution in [0.1, 0.15) is 11.4 Å². The van der Waals surface area contributed by atoms with Crippen molar-refractivity contribution in [2.24, 2.45) is 0 Å². The zero-order valence-corrected chi connectivity index (χ0v) is 18.2. The average Bonchev–Trinajstić information content (AvgIpc) is 3.20. The van der Waals surface area contributed by atoms with Gasteiger partial charge in [0.1, 0.15) is 22.2 Å². The van der Waals surface area contributed by atoms with Gasteiger partial charge in [-0.3, -0.25) is 14.9 Å². The van der Waals surface area contributed by atoms with Crippen LogP contribution in [0.5, 0.6) is 0 Å². The van der Waals surface area contributed by atoms with E-state index in [-0.39, 0.29) is 27.6 Å². The topological polar surface area (TPSA) is 94.2 Å². The normalized spacial score (nSPS) is 13.8. The number of halogens is 5. The molecule has 3 heterocycles. The van der Waals surface area contributed by atoms with Crippen molar-refractivity contribution >= 4 is 32.2 Å². The Hall–Kier alpha value is -3.94. The summed E-state index contributed by atoms with van der Waals surface area (Å²) < 4.78 is 68.4. The van der Waals surface area contributed by atoms with Crippen molar-refractivity contribution in [3.05, 3.63) is 80.0 Å². The van der Waals surface area contributed by atoms with E-state index in [1.165, 1.54) is 6.07 Å². The first-order chi connectivity index (χ1) is 16.5. The number of nitrogens with zero attached hydrogens (tertiary/aromatic N) is 5. The molecular weight excluding hydrogens is 497 g/mol. The molecule has 1 aliphatic heterocycles. The van der Waals surface area contributed by atoms with Gasteiger partial charge >= 0.3 is 6.18 Å². The van der Waals surface area contributed by atoms with Gasteiger partial charge in [0.2, 0.25) is 0 Å². The fourth-order valence-corrected chi connectivity index (χ4v) is 4.91. The minimum absolute atomic E-state index is 0.0779. The molecule has 2 aromatic carbocycles. The molecule has 5 rings (SSSR count). The third kappa shape index (κ3) is 4.09. The maximum atomic E-state index is 14.2. The van der Waals surface area contributed by atoms with Crippen molar-refractivity contribution in [2.45, 2.75) is 19.3 Å². The first-order valence-corrected chi connectivity index (χ1v) is 10.8. The van der Waals surface area contributed by atoms with Crippen molar-refractivity contribution < 1.29 is 26.9 Å². The van der Waals surface area contributed by atoms with E-state index in [4.69, 9.17) is 0 Å². The molecule has 4 aromatic rings. The van der Waals surface area contributed by atoms with E-state index in [9.17, 15) is 36.9 Å². The van der Waals surface area contributed by atoms with Gasteiger partial charge in [0, 0.05) is 37.0 Å². The summed E-state index contributed by atoms with van der Waals surface area (Å²) in [5.41, 5.74) is -2.80. The van der Waals surface area contributed by atoms with Crippen molar-refractivity contribution in [2.75, 3.05) is 11.4 Å². The van der Waals surface area contributed by atoms with E-state index in [0.29, 0.717) is 31.0 Å². The summed E-state index contributed by atoms with van der Waals surface area (Å²) >= 11 is 0.731. The molecule has 0 aliphatic carbocycles. The number of benzene rings is 2. The van der Waals surface area contributed by atoms with E-state index < -0.39 is 44.9 Å². The molecule has 0 atom stereocenters. The summed E-state index contributed by atoms with van der Waals surface area (Å²) in [6, 6.07) is 4.07. The van der Waals surface area contributed by atoms with Crippen LogP contribution in [0.25, 0.3) is 21.3 Å². The van der Waals surface area contributed by atoms with Gasteiger partial charge in [0.05, 0.1) is 28.1 Å². The number of aromatic nitrogens is 3. The quantitative estimate of drug-likeness (QED) is 0.225. The zero-order chi connectivity index (χ0) is 25.1. The smallest absolute Gasteiger partial charge is 0.339 e. The fourth-order valence-electron chi connectivity index (χ4n) is 3.82. The number of fused-ring (bicyclic) bond motifs is 2. The molecule has 2 aromatic heterocycles. The molecule has 0 amide bonds. The van der Waals surface area contributed by atoms with Gasteiger partial charge < -0.3 is 9.47 Å². The van der Waals surface area contributed by atoms with Crippen LogP contribution in [0.4, 0.5) is 32.8 Å². The minimum atomic E-state index is -4.87. The van der Waals surface area contributed by atoms with Crippen LogP contribution >= 0.6 is 11.3 Å². The van der Waals surface area contributed by atoms with Gasteiger partial charge in [-0.05, 0) is 18.2 Å². The first kappa shape index (κ1) is 22.8. The summed E-state index contributed by atoms with van der Waals surface area (Å²) in [5, 5.41) is 11.1. The van der Waals surface area contributed by atoms with E-state index in [1.54, 1.807) is 15.7 Å². The van der Waals surface area contributed by atoms with Crippen molar-refractivity contribution in [1.82, 2.24) is 14.5 Å². The Bertz CT molecular complexity index is 1570. The second kappa shape index (κ2) is 8.08. The maximum absolute atomic E-state index is 14.2. The van der Waals surface area contributed by atoms with Gasteiger partial charge in [-0.15, -0.1) is 0 Å². The van der Waals surface area contributed by atoms with Crippen LogP contribution in [0.15, 0.2) is 41.3 Å². The minimum Gasteiger partial charge on any atom is -0.339 e. The predicted molar refractivity (Wildman–Crippen MR) is 116 cm³/mol. The third-order valence-electron chi connectivity index (χ3n) is 5.49. The van der Waals surface area contributed by atoms with E-state index in [0.717, 1.165) is 23.5 Å². The van der Waals surface area contributed by atoms with Crippen LogP contribution in [0.3, 0.4) is 0 Å². The Balaban J connectivity index is 1.54. The second-order valence-electron chi connectivity index (χ2n) is 7.71. The molecule has 8 nitrogen and oxygen atoms in total. The Kier molecular flexibility index (Phi) is 5.27. The molecule has 35 heavy (non-hydrogen) atoms. The molecule has 0 saturated heterocycles. The number of nitro benzene ring substituents is 1. The van der Waals surface area contributed by atoms with Crippen molar-refractivity contribution in [3.8, 4) is 11.3 Å². The fraction of sp³-hybridized carbons (Fsp3) is 0.190. The molecule has 0 radical (unpaired) electrons. The molecule has 0 unspecified atom stereocenters. The lowest BCUT2D eigenvalue weighted by Gasteiger charge is -2.27. The van der Waals surface area contributed by atoms with Crippen molar-refractivity contribution in [1.29, 1.82) is 0 Å². The highest BCUT2D eigenvalue weighted by Crippen LogP contribution is 2.38. The highest BCUT2D eigenvalue weighted by molar-refractivity contribution is 7.22. The number of nitro groups is 1. The summed E-state index contributed by atoms with van der Waals surface area (Å²) in [7, 11) is 0. The van der Waals surface area contributed by atoms with Gasteiger partial charge in [-0.2, -0.15) is 18.2 Å². The second-order valence-corrected chi connectivity index (χ2v) is 8.69. The Morgan fingerprint density at radius 3 is 2.54 bits per heavy atom. The monoisotopic (exact) mass is 509 g/mol. The maximum Gasteiger partial charge on any atom is 0.416 e. The average molecular weight is 509 g/mol. The lowest BCUT2D eigenvalue weighted by molar-refractivity contribution is -0.383. The molecular formula is C21H12F5N5O3S. The number of hydrogen-bond donors (Lipinski definition) is 0. The summed E-state index contributed by atoms with van der Waals surface area (Å²) in [6.45, 7) is 0.754. The van der Waals surface area contributed by atoms with Gasteiger partial charge in [-0.25, -0.2) is 13.8 Å². The molecule has 0 fully saturated rings. The van der Waals surface area contributed by atoms with Gasteiger partial charge in [-0.1, -0.05) is 11.3 Å². The largest absolute Gasteiger partial charge is 0.416 e. The number of imidazole rings is 1. The molecule has 0 N–H and O–H groups in total. The third-order valence-corrected chi connectivity index (χ3v) is 6.66. The molecule has 1 aliphatic rings. The number of hydrogen-bond acceptors (Lipinski definition) is 7. The van der Waals surface area contributed by atoms with Crippen LogP contribution in [-0.2, 0) is 19.3 Å². The highest BCUT2D eigenvalue weighted by atomic mass is 32.1. The number of alkyl halides is 3. The Labute approximate surface area is 196 Å². The lowest BCUT2D eigenvalue weighted by Crippen LogP contribution is -2.34. The molecule has 14 heteroatoms. The van der Waals surface area contributed by atoms with Crippen LogP contribution in [0, 0.1) is 21.7 Å². The number of rotatable bonds is 3. The van der Waals surface area contributed by atoms with E-state index in [1.807, 2.05) is 0 Å². The summed E-state index contributed by atoms with van der Waals surface area (Å²) in [4.78, 5) is 33.0. The Morgan fingerprint density at radius 1 is 1.09 bits per heavy atom. The number of non-ortho nitro benzene ring substituents is 1. The van der Waals surface area contributed by atoms with Crippen LogP contribution < -0.4 is 10.5 Å². The molecule has 0 saturated carbocycles. The molecule has 0 spiro atoms. The van der Waals surface area contributed by atoms with Crippen molar-refractivity contribution in [3.63, 3.8) is 0 Å². The van der Waals surface area contributed by atoms with Gasteiger partial charge in [0.25, 0.3) is 11.2 Å². The first-order valence-electron chi connectivity index (χ1n) is 9.98. The molecule has 180 valence electrons. The highest BCUT2D eigenvalue weighted by Gasteiger charge is 2.34.